The van der Waals surface area contributed by atoms with E-state index in [-0.39, 0.29) is 6.04 Å². The molecule has 0 spiro atoms. The summed E-state index contributed by atoms with van der Waals surface area (Å²) in [4.78, 5) is 11.2. The summed E-state index contributed by atoms with van der Waals surface area (Å²) in [6, 6.07) is 5.39. The number of carbonyl (C=O) groups is 1. The lowest BCUT2D eigenvalue weighted by molar-refractivity contribution is 0.0694. The van der Waals surface area contributed by atoms with Crippen molar-refractivity contribution >= 4 is 5.97 Å². The van der Waals surface area contributed by atoms with Crippen molar-refractivity contribution in [3.63, 3.8) is 0 Å². The molecule has 4 heteroatoms. The molecule has 1 aliphatic heterocycles. The number of nitrogens with one attached hydrogen (secondary N) is 1. The van der Waals surface area contributed by atoms with Crippen molar-refractivity contribution in [1.29, 1.82) is 0 Å². The first kappa shape index (κ1) is 11.0. The zero-order valence-corrected chi connectivity index (χ0v) is 9.19. The number of methoxy groups -OCH3 is 1. The standard InChI is InChI=1S/C12H15NO3/c1-16-8-4-5-9(10(7-8)12(14)15)11-3-2-6-13-11/h4-5,7,11,13H,2-3,6H2,1H3,(H,14,15)/t11-/m0/s1. The fourth-order valence-electron chi connectivity index (χ4n) is 2.10. The topological polar surface area (TPSA) is 58.6 Å². The van der Waals surface area contributed by atoms with Gasteiger partial charge in [-0.1, -0.05) is 6.07 Å². The molecule has 0 aromatic heterocycles. The normalized spacial score (nSPS) is 19.7. The molecule has 4 nitrogen and oxygen atoms in total. The molecule has 0 amide bonds. The SMILES string of the molecule is COc1ccc([C@@H]2CCCN2)c(C(=O)O)c1. The highest BCUT2D eigenvalue weighted by atomic mass is 16.5. The Kier molecular flexibility index (Phi) is 3.10. The predicted molar refractivity (Wildman–Crippen MR) is 59.9 cm³/mol. The zero-order valence-electron chi connectivity index (χ0n) is 9.19. The third kappa shape index (κ3) is 2.02. The summed E-state index contributed by atoms with van der Waals surface area (Å²) >= 11 is 0. The van der Waals surface area contributed by atoms with Crippen LogP contribution in [0.1, 0.15) is 34.8 Å². The molecule has 2 N–H and O–H groups in total. The van der Waals surface area contributed by atoms with Gasteiger partial charge < -0.3 is 15.2 Å². The van der Waals surface area contributed by atoms with Crippen molar-refractivity contribution in [2.75, 3.05) is 13.7 Å². The molecule has 86 valence electrons. The molecule has 0 aliphatic carbocycles. The summed E-state index contributed by atoms with van der Waals surface area (Å²) in [5.74, 6) is -0.318. The second-order valence-electron chi connectivity index (χ2n) is 3.91. The number of carboxylic acids is 1. The number of benzene rings is 1. The summed E-state index contributed by atoms with van der Waals surface area (Å²) in [6.07, 6.45) is 2.09. The molecule has 16 heavy (non-hydrogen) atoms. The van der Waals surface area contributed by atoms with Crippen LogP contribution in [0.3, 0.4) is 0 Å². The predicted octanol–water partition coefficient (Wildman–Crippen LogP) is 1.82. The van der Waals surface area contributed by atoms with Crippen molar-refractivity contribution in [3.8, 4) is 5.75 Å². The van der Waals surface area contributed by atoms with Gasteiger partial charge in [-0.15, -0.1) is 0 Å². The molecule has 1 aliphatic rings. The van der Waals surface area contributed by atoms with E-state index < -0.39 is 5.97 Å². The van der Waals surface area contributed by atoms with Crippen LogP contribution in [0.5, 0.6) is 5.75 Å². The van der Waals surface area contributed by atoms with Gasteiger partial charge in [-0.05, 0) is 37.1 Å². The zero-order chi connectivity index (χ0) is 11.5. The maximum Gasteiger partial charge on any atom is 0.336 e. The number of rotatable bonds is 3. The number of ether oxygens (including phenoxy) is 1. The first-order chi connectivity index (χ1) is 7.72. The first-order valence-electron chi connectivity index (χ1n) is 5.37. The Balaban J connectivity index is 2.39. The van der Waals surface area contributed by atoms with E-state index in [1.807, 2.05) is 12.1 Å². The molecular weight excluding hydrogens is 206 g/mol. The quantitative estimate of drug-likeness (QED) is 0.817. The van der Waals surface area contributed by atoms with Gasteiger partial charge in [0.05, 0.1) is 12.7 Å². The van der Waals surface area contributed by atoms with Crippen LogP contribution >= 0.6 is 0 Å². The van der Waals surface area contributed by atoms with Crippen molar-refractivity contribution in [3.05, 3.63) is 29.3 Å². The van der Waals surface area contributed by atoms with E-state index in [4.69, 9.17) is 9.84 Å². The molecule has 1 heterocycles. The lowest BCUT2D eigenvalue weighted by Crippen LogP contribution is -2.16. The maximum absolute atomic E-state index is 11.2. The monoisotopic (exact) mass is 221 g/mol. The van der Waals surface area contributed by atoms with E-state index in [1.165, 1.54) is 7.11 Å². The lowest BCUT2D eigenvalue weighted by Gasteiger charge is -2.14. The van der Waals surface area contributed by atoms with Crippen LogP contribution in [0.4, 0.5) is 0 Å². The highest BCUT2D eigenvalue weighted by molar-refractivity contribution is 5.90. The largest absolute Gasteiger partial charge is 0.497 e. The molecule has 1 atom stereocenters. The van der Waals surface area contributed by atoms with E-state index in [2.05, 4.69) is 5.32 Å². The second kappa shape index (κ2) is 4.53. The van der Waals surface area contributed by atoms with Gasteiger partial charge in [-0.2, -0.15) is 0 Å². The van der Waals surface area contributed by atoms with E-state index in [9.17, 15) is 4.79 Å². The van der Waals surface area contributed by atoms with Gasteiger partial charge in [0.25, 0.3) is 0 Å². The maximum atomic E-state index is 11.2. The molecule has 0 bridgehead atoms. The molecule has 1 saturated heterocycles. The van der Waals surface area contributed by atoms with Crippen LogP contribution in [0.25, 0.3) is 0 Å². The Morgan fingerprint density at radius 1 is 1.56 bits per heavy atom. The van der Waals surface area contributed by atoms with Gasteiger partial charge in [0.1, 0.15) is 5.75 Å². The average molecular weight is 221 g/mol. The van der Waals surface area contributed by atoms with Gasteiger partial charge in [-0.25, -0.2) is 4.79 Å². The lowest BCUT2D eigenvalue weighted by atomic mass is 9.99. The van der Waals surface area contributed by atoms with Gasteiger partial charge in [-0.3, -0.25) is 0 Å². The summed E-state index contributed by atoms with van der Waals surface area (Å²) in [5.41, 5.74) is 1.18. The number of hydrogen-bond acceptors (Lipinski definition) is 3. The summed E-state index contributed by atoms with van der Waals surface area (Å²) in [5, 5.41) is 12.5. The molecular formula is C12H15NO3. The third-order valence-corrected chi connectivity index (χ3v) is 2.93. The molecule has 0 unspecified atom stereocenters. The average Bonchev–Trinajstić information content (AvgIpc) is 2.81. The minimum atomic E-state index is -0.900. The van der Waals surface area contributed by atoms with Crippen LogP contribution < -0.4 is 10.1 Å². The van der Waals surface area contributed by atoms with Crippen LogP contribution in [-0.4, -0.2) is 24.7 Å². The molecule has 2 rings (SSSR count). The van der Waals surface area contributed by atoms with Gasteiger partial charge >= 0.3 is 5.97 Å². The molecule has 0 saturated carbocycles. The van der Waals surface area contributed by atoms with E-state index in [1.54, 1.807) is 6.07 Å². The highest BCUT2D eigenvalue weighted by Gasteiger charge is 2.22. The van der Waals surface area contributed by atoms with Crippen LogP contribution in [0.15, 0.2) is 18.2 Å². The second-order valence-corrected chi connectivity index (χ2v) is 3.91. The molecule has 1 aromatic rings. The summed E-state index contributed by atoms with van der Waals surface area (Å²) in [6.45, 7) is 0.954. The van der Waals surface area contributed by atoms with Crippen LogP contribution in [-0.2, 0) is 0 Å². The fraction of sp³-hybridized carbons (Fsp3) is 0.417. The Bertz CT molecular complexity index is 397. The van der Waals surface area contributed by atoms with Crippen molar-refractivity contribution in [2.24, 2.45) is 0 Å². The number of aromatic carboxylic acids is 1. The molecule has 1 aromatic carbocycles. The smallest absolute Gasteiger partial charge is 0.336 e. The Labute approximate surface area is 94.2 Å². The minimum Gasteiger partial charge on any atom is -0.497 e. The third-order valence-electron chi connectivity index (χ3n) is 2.93. The van der Waals surface area contributed by atoms with Crippen LogP contribution in [0, 0.1) is 0 Å². The highest BCUT2D eigenvalue weighted by Crippen LogP contribution is 2.28. The van der Waals surface area contributed by atoms with Crippen LogP contribution in [0.2, 0.25) is 0 Å². The van der Waals surface area contributed by atoms with Crippen molar-refractivity contribution < 1.29 is 14.6 Å². The Hall–Kier alpha value is -1.55. The van der Waals surface area contributed by atoms with E-state index in [0.717, 1.165) is 24.9 Å². The Morgan fingerprint density at radius 2 is 2.38 bits per heavy atom. The minimum absolute atomic E-state index is 0.164. The Morgan fingerprint density at radius 3 is 2.94 bits per heavy atom. The molecule has 0 radical (unpaired) electrons. The van der Waals surface area contributed by atoms with E-state index in [0.29, 0.717) is 11.3 Å². The van der Waals surface area contributed by atoms with Crippen molar-refractivity contribution in [1.82, 2.24) is 5.32 Å². The molecule has 1 fully saturated rings. The van der Waals surface area contributed by atoms with Gasteiger partial charge in [0.2, 0.25) is 0 Å². The number of hydrogen-bond donors (Lipinski definition) is 2. The van der Waals surface area contributed by atoms with Gasteiger partial charge in [0, 0.05) is 6.04 Å². The van der Waals surface area contributed by atoms with Crippen molar-refractivity contribution in [2.45, 2.75) is 18.9 Å². The fourth-order valence-corrected chi connectivity index (χ4v) is 2.10. The summed E-state index contributed by atoms with van der Waals surface area (Å²) in [7, 11) is 1.54. The van der Waals surface area contributed by atoms with E-state index >= 15 is 0 Å². The van der Waals surface area contributed by atoms with Gasteiger partial charge in [0.15, 0.2) is 0 Å². The summed E-state index contributed by atoms with van der Waals surface area (Å²) < 4.78 is 5.04. The number of carboxylic acid groups (broad SMARTS) is 1. The first-order valence-corrected chi connectivity index (χ1v) is 5.37.